The summed E-state index contributed by atoms with van der Waals surface area (Å²) >= 11 is 0. The summed E-state index contributed by atoms with van der Waals surface area (Å²) in [4.78, 5) is 42.8. The van der Waals surface area contributed by atoms with Crippen molar-refractivity contribution in [1.29, 1.82) is 0 Å². The van der Waals surface area contributed by atoms with Crippen LogP contribution in [-0.4, -0.2) is 73.5 Å². The maximum Gasteiger partial charge on any atom is 0.337 e. The standard InChI is InChI=1S/C27H31N7O4/c1-37-24(35)20-7-11-22(12-8-20)29-27(36)28-21-9-5-19(6-10-21)23-30-25(33-13-3-2-4-14-33)32-26(31-23)34-15-17-38-18-16-34/h5-12H,2-4,13-18H2,1H3,(H2,28,29,36). The van der Waals surface area contributed by atoms with Gasteiger partial charge < -0.3 is 29.9 Å². The third kappa shape index (κ3) is 6.17. The fourth-order valence-corrected chi connectivity index (χ4v) is 4.43. The molecule has 1 aromatic heterocycles. The van der Waals surface area contributed by atoms with Gasteiger partial charge >= 0.3 is 12.0 Å². The number of aromatic nitrogens is 3. The lowest BCUT2D eigenvalue weighted by molar-refractivity contribution is 0.0600. The third-order valence-electron chi connectivity index (χ3n) is 6.51. The average molecular weight is 518 g/mol. The van der Waals surface area contributed by atoms with Gasteiger partial charge in [-0.2, -0.15) is 15.0 Å². The molecule has 2 saturated heterocycles. The van der Waals surface area contributed by atoms with Crippen molar-refractivity contribution in [3.05, 3.63) is 54.1 Å². The van der Waals surface area contributed by atoms with Gasteiger partial charge in [-0.15, -0.1) is 0 Å². The van der Waals surface area contributed by atoms with Crippen LogP contribution in [0.25, 0.3) is 11.4 Å². The molecule has 11 nitrogen and oxygen atoms in total. The zero-order valence-corrected chi connectivity index (χ0v) is 21.4. The van der Waals surface area contributed by atoms with Crippen molar-refractivity contribution >= 4 is 35.3 Å². The van der Waals surface area contributed by atoms with Gasteiger partial charge in [0.1, 0.15) is 0 Å². The summed E-state index contributed by atoms with van der Waals surface area (Å²) in [6.07, 6.45) is 3.49. The number of rotatable bonds is 6. The minimum absolute atomic E-state index is 0.397. The van der Waals surface area contributed by atoms with Crippen molar-refractivity contribution < 1.29 is 19.1 Å². The van der Waals surface area contributed by atoms with Crippen LogP contribution in [0.3, 0.4) is 0 Å². The van der Waals surface area contributed by atoms with Crippen molar-refractivity contribution in [1.82, 2.24) is 15.0 Å². The Morgan fingerprint density at radius 1 is 0.763 bits per heavy atom. The number of ether oxygens (including phenoxy) is 2. The van der Waals surface area contributed by atoms with Gasteiger partial charge in [-0.1, -0.05) is 0 Å². The summed E-state index contributed by atoms with van der Waals surface area (Å²) in [5, 5.41) is 5.57. The van der Waals surface area contributed by atoms with Crippen LogP contribution < -0.4 is 20.4 Å². The van der Waals surface area contributed by atoms with Crippen molar-refractivity contribution in [2.75, 3.05) is 66.9 Å². The number of hydrogen-bond donors (Lipinski definition) is 2. The Morgan fingerprint density at radius 2 is 1.32 bits per heavy atom. The highest BCUT2D eigenvalue weighted by Crippen LogP contribution is 2.25. The molecule has 0 atom stereocenters. The Morgan fingerprint density at radius 3 is 1.89 bits per heavy atom. The SMILES string of the molecule is COC(=O)c1ccc(NC(=O)Nc2ccc(-c3nc(N4CCCCC4)nc(N4CCOCC4)n3)cc2)cc1. The van der Waals surface area contributed by atoms with Gasteiger partial charge in [0.15, 0.2) is 5.82 Å². The van der Waals surface area contributed by atoms with Gasteiger partial charge in [0.2, 0.25) is 11.9 Å². The number of methoxy groups -OCH3 is 1. The Balaban J connectivity index is 1.29. The number of carbonyl (C=O) groups excluding carboxylic acids is 2. The van der Waals surface area contributed by atoms with E-state index in [2.05, 4.69) is 20.4 Å². The number of piperidine rings is 1. The fourth-order valence-electron chi connectivity index (χ4n) is 4.43. The largest absolute Gasteiger partial charge is 0.465 e. The maximum atomic E-state index is 12.5. The molecule has 0 unspecified atom stereocenters. The van der Waals surface area contributed by atoms with Crippen molar-refractivity contribution in [3.8, 4) is 11.4 Å². The van der Waals surface area contributed by atoms with Crippen LogP contribution in [0.15, 0.2) is 48.5 Å². The van der Waals surface area contributed by atoms with Crippen LogP contribution in [0.2, 0.25) is 0 Å². The van der Waals surface area contributed by atoms with Crippen LogP contribution in [0.4, 0.5) is 28.1 Å². The molecule has 38 heavy (non-hydrogen) atoms. The summed E-state index contributed by atoms with van der Waals surface area (Å²) in [6.45, 7) is 4.67. The van der Waals surface area contributed by atoms with Crippen molar-refractivity contribution in [2.45, 2.75) is 19.3 Å². The number of urea groups is 1. The number of esters is 1. The number of nitrogens with zero attached hydrogens (tertiary/aromatic N) is 5. The first-order chi connectivity index (χ1) is 18.6. The van der Waals surface area contributed by atoms with E-state index >= 15 is 0 Å². The molecule has 2 aliphatic heterocycles. The quantitative estimate of drug-likeness (QED) is 0.470. The molecule has 0 bridgehead atoms. The first kappa shape index (κ1) is 25.4. The smallest absolute Gasteiger partial charge is 0.337 e. The Labute approximate surface area is 221 Å². The minimum Gasteiger partial charge on any atom is -0.465 e. The average Bonchev–Trinajstić information content (AvgIpc) is 2.98. The zero-order chi connectivity index (χ0) is 26.3. The van der Waals surface area contributed by atoms with Gasteiger partial charge in [0.05, 0.1) is 25.9 Å². The first-order valence-electron chi connectivity index (χ1n) is 12.8. The predicted octanol–water partition coefficient (Wildman–Crippen LogP) is 3.80. The number of morpholine rings is 1. The molecule has 11 heteroatoms. The Bertz CT molecular complexity index is 1220. The van der Waals surface area contributed by atoms with Crippen LogP contribution in [0.5, 0.6) is 0 Å². The lowest BCUT2D eigenvalue weighted by Crippen LogP contribution is -2.38. The predicted molar refractivity (Wildman–Crippen MR) is 145 cm³/mol. The monoisotopic (exact) mass is 517 g/mol. The van der Waals surface area contributed by atoms with Gasteiger partial charge in [-0.25, -0.2) is 9.59 Å². The van der Waals surface area contributed by atoms with E-state index in [1.165, 1.54) is 13.5 Å². The van der Waals surface area contributed by atoms with Gasteiger partial charge in [0, 0.05) is 43.1 Å². The van der Waals surface area contributed by atoms with E-state index in [-0.39, 0.29) is 0 Å². The van der Waals surface area contributed by atoms with E-state index in [9.17, 15) is 9.59 Å². The molecule has 2 N–H and O–H groups in total. The van der Waals surface area contributed by atoms with E-state index in [4.69, 9.17) is 24.4 Å². The summed E-state index contributed by atoms with van der Waals surface area (Å²) in [7, 11) is 1.32. The van der Waals surface area contributed by atoms with Crippen LogP contribution in [-0.2, 0) is 9.47 Å². The number of anilines is 4. The molecule has 5 rings (SSSR count). The molecule has 0 spiro atoms. The molecule has 0 saturated carbocycles. The topological polar surface area (TPSA) is 122 Å². The first-order valence-corrected chi connectivity index (χ1v) is 12.8. The molecule has 2 amide bonds. The lowest BCUT2D eigenvalue weighted by atomic mass is 10.1. The molecule has 2 aromatic carbocycles. The van der Waals surface area contributed by atoms with Crippen molar-refractivity contribution in [2.24, 2.45) is 0 Å². The van der Waals surface area contributed by atoms with Gasteiger partial charge in [0.25, 0.3) is 0 Å². The summed E-state index contributed by atoms with van der Waals surface area (Å²) < 4.78 is 10.2. The maximum absolute atomic E-state index is 12.5. The van der Waals surface area contributed by atoms with Crippen molar-refractivity contribution in [3.63, 3.8) is 0 Å². The summed E-state index contributed by atoms with van der Waals surface area (Å²) in [5.74, 6) is 1.54. The molecule has 198 valence electrons. The molecule has 3 aromatic rings. The minimum atomic E-state index is -0.431. The molecule has 2 aliphatic rings. The molecule has 3 heterocycles. The van der Waals surface area contributed by atoms with Gasteiger partial charge in [-0.3, -0.25) is 0 Å². The van der Waals surface area contributed by atoms with Gasteiger partial charge in [-0.05, 0) is 67.8 Å². The van der Waals surface area contributed by atoms with Crippen LogP contribution in [0.1, 0.15) is 29.6 Å². The second-order valence-corrected chi connectivity index (χ2v) is 9.13. The zero-order valence-electron chi connectivity index (χ0n) is 21.4. The number of benzene rings is 2. The number of hydrogen-bond acceptors (Lipinski definition) is 9. The highest BCUT2D eigenvalue weighted by molar-refractivity contribution is 6.00. The second kappa shape index (κ2) is 11.9. The summed E-state index contributed by atoms with van der Waals surface area (Å²) in [6, 6.07) is 13.5. The highest BCUT2D eigenvalue weighted by atomic mass is 16.5. The van der Waals surface area contributed by atoms with E-state index in [0.717, 1.165) is 44.6 Å². The Kier molecular flexibility index (Phi) is 7.93. The van der Waals surface area contributed by atoms with Crippen LogP contribution >= 0.6 is 0 Å². The Hall–Kier alpha value is -4.25. The normalized spacial score (nSPS) is 15.6. The summed E-state index contributed by atoms with van der Waals surface area (Å²) in [5.41, 5.74) is 2.42. The fraction of sp³-hybridized carbons (Fsp3) is 0.370. The molecular weight excluding hydrogens is 486 g/mol. The van der Waals surface area contributed by atoms with E-state index < -0.39 is 12.0 Å². The third-order valence-corrected chi connectivity index (χ3v) is 6.51. The molecule has 0 radical (unpaired) electrons. The number of amides is 2. The number of nitrogens with one attached hydrogen (secondary N) is 2. The van der Waals surface area contributed by atoms with E-state index in [1.54, 1.807) is 24.3 Å². The van der Waals surface area contributed by atoms with Crippen LogP contribution in [0, 0.1) is 0 Å². The number of carbonyl (C=O) groups is 2. The molecule has 2 fully saturated rings. The lowest BCUT2D eigenvalue weighted by Gasteiger charge is -2.30. The molecule has 0 aliphatic carbocycles. The van der Waals surface area contributed by atoms with E-state index in [1.807, 2.05) is 24.3 Å². The highest BCUT2D eigenvalue weighted by Gasteiger charge is 2.21. The molecular formula is C27H31N7O4. The van der Waals surface area contributed by atoms with E-state index in [0.29, 0.717) is 47.9 Å². The second-order valence-electron chi connectivity index (χ2n) is 9.13.